The standard InChI is InChI=1S/C18H36.C17H36.C9H18.C4H10.C3H8.C2H6/c1-5-7-9-11-13-17(3)15-16-18(4)14-12-10-8-6-2;1-4-7-9-11-12-14-16-17(6-3)15-13-10-8-5-2;1-4-5-6-7-8-9(2)3;1-3-4-2;1-3-2;1-2/h18H,3,5-16H2,1-2,4H3;17H,4-16H2,1-3H3;2,4-8H2,1,3H3;3-4H2,1-2H3;3H2,1-2H3;1-2H3. The molecule has 0 N–H and O–H groups in total. The average molecular weight is 751 g/mol. The van der Waals surface area contributed by atoms with Crippen LogP contribution in [0.3, 0.4) is 0 Å². The summed E-state index contributed by atoms with van der Waals surface area (Å²) in [7, 11) is 0. The van der Waals surface area contributed by atoms with E-state index in [4.69, 9.17) is 0 Å². The van der Waals surface area contributed by atoms with E-state index in [0.717, 1.165) is 11.8 Å². The average Bonchev–Trinajstić information content (AvgIpc) is 3.16. The van der Waals surface area contributed by atoms with Crippen LogP contribution < -0.4 is 0 Å². The number of hydrogen-bond donors (Lipinski definition) is 0. The molecule has 0 aliphatic heterocycles. The molecular weight excluding hydrogens is 637 g/mol. The normalized spacial score (nSPS) is 11.1. The first-order valence-electron chi connectivity index (χ1n) is 25.0. The van der Waals surface area contributed by atoms with E-state index < -0.39 is 0 Å². The summed E-state index contributed by atoms with van der Waals surface area (Å²) >= 11 is 0. The Kier molecular flexibility index (Phi) is 80.5. The second-order valence-corrected chi connectivity index (χ2v) is 16.2. The number of allylic oxidation sites excluding steroid dienone is 2. The molecule has 0 bridgehead atoms. The van der Waals surface area contributed by atoms with E-state index in [1.165, 1.54) is 223 Å². The van der Waals surface area contributed by atoms with Crippen molar-refractivity contribution in [3.05, 3.63) is 24.3 Å². The van der Waals surface area contributed by atoms with Crippen LogP contribution in [-0.4, -0.2) is 0 Å². The number of unbranched alkanes of at least 4 members (excludes halogenated alkanes) is 18. The van der Waals surface area contributed by atoms with Crippen molar-refractivity contribution in [1.29, 1.82) is 0 Å². The zero-order valence-electron chi connectivity index (χ0n) is 40.9. The Balaban J connectivity index is -0.000000145. The molecule has 0 saturated carbocycles. The molecule has 0 fully saturated rings. The minimum absolute atomic E-state index is 0.897. The Morgan fingerprint density at radius 2 is 0.698 bits per heavy atom. The zero-order valence-corrected chi connectivity index (χ0v) is 40.9. The second kappa shape index (κ2) is 66.3. The van der Waals surface area contributed by atoms with Crippen molar-refractivity contribution in [1.82, 2.24) is 0 Å². The predicted octanol–water partition coefficient (Wildman–Crippen LogP) is 21.4. The summed E-state index contributed by atoms with van der Waals surface area (Å²) < 4.78 is 0. The molecule has 0 spiro atoms. The molecule has 53 heavy (non-hydrogen) atoms. The third-order valence-electron chi connectivity index (χ3n) is 9.89. The SMILES string of the molecule is C=C(C)CCCCCC.C=C(CCCCCC)CCC(C)CCCCCC.CC.CCC.CCCC.CCCCCCCCC(CC)CCCCCC. The monoisotopic (exact) mass is 751 g/mol. The van der Waals surface area contributed by atoms with Crippen molar-refractivity contribution < 1.29 is 0 Å². The highest BCUT2D eigenvalue weighted by Gasteiger charge is 2.06. The quantitative estimate of drug-likeness (QED) is 0.0474. The van der Waals surface area contributed by atoms with Gasteiger partial charge in [-0.15, -0.1) is 6.58 Å². The van der Waals surface area contributed by atoms with Crippen LogP contribution in [0.4, 0.5) is 0 Å². The molecule has 0 amide bonds. The first-order chi connectivity index (χ1) is 25.6. The Hall–Kier alpha value is -0.520. The Labute approximate surface area is 343 Å². The highest BCUT2D eigenvalue weighted by molar-refractivity contribution is 4.93. The Morgan fingerprint density at radius 3 is 1.06 bits per heavy atom. The smallest absolute Gasteiger partial charge is 0.0320 e. The first kappa shape index (κ1) is 64.4. The van der Waals surface area contributed by atoms with Gasteiger partial charge >= 0.3 is 0 Å². The highest BCUT2D eigenvalue weighted by Crippen LogP contribution is 2.22. The van der Waals surface area contributed by atoms with Gasteiger partial charge in [0, 0.05) is 0 Å². The molecule has 0 aliphatic carbocycles. The molecule has 0 rings (SSSR count). The molecule has 0 aliphatic rings. The van der Waals surface area contributed by atoms with Crippen molar-refractivity contribution in [2.24, 2.45) is 11.8 Å². The second-order valence-electron chi connectivity index (χ2n) is 16.2. The Morgan fingerprint density at radius 1 is 0.377 bits per heavy atom. The van der Waals surface area contributed by atoms with Crippen LogP contribution >= 0.6 is 0 Å². The van der Waals surface area contributed by atoms with Gasteiger partial charge in [-0.3, -0.25) is 0 Å². The van der Waals surface area contributed by atoms with E-state index >= 15 is 0 Å². The van der Waals surface area contributed by atoms with Crippen LogP contribution in [0.2, 0.25) is 0 Å². The van der Waals surface area contributed by atoms with Gasteiger partial charge in [0.25, 0.3) is 0 Å². The molecule has 2 unspecified atom stereocenters. The minimum atomic E-state index is 0.897. The first-order valence-corrected chi connectivity index (χ1v) is 25.0. The summed E-state index contributed by atoms with van der Waals surface area (Å²) in [5, 5.41) is 0. The van der Waals surface area contributed by atoms with Gasteiger partial charge in [0.2, 0.25) is 0 Å². The van der Waals surface area contributed by atoms with Crippen molar-refractivity contribution in [2.45, 2.75) is 309 Å². The third-order valence-corrected chi connectivity index (χ3v) is 9.89. The van der Waals surface area contributed by atoms with Gasteiger partial charge in [-0.2, -0.15) is 0 Å². The lowest BCUT2D eigenvalue weighted by Crippen LogP contribution is -1.99. The zero-order chi connectivity index (χ0) is 41.6. The molecule has 0 aromatic rings. The summed E-state index contributed by atoms with van der Waals surface area (Å²) in [5.74, 6) is 1.92. The molecule has 0 saturated heterocycles. The van der Waals surface area contributed by atoms with E-state index in [9.17, 15) is 0 Å². The summed E-state index contributed by atoms with van der Waals surface area (Å²) in [4.78, 5) is 0. The molecule has 0 heteroatoms. The van der Waals surface area contributed by atoms with Gasteiger partial charge in [-0.1, -0.05) is 281 Å². The summed E-state index contributed by atoms with van der Waals surface area (Å²) in [6.07, 6.45) is 45.8. The van der Waals surface area contributed by atoms with Gasteiger partial charge in [-0.25, -0.2) is 0 Å². The van der Waals surface area contributed by atoms with Gasteiger partial charge in [0.1, 0.15) is 0 Å². The number of hydrogen-bond acceptors (Lipinski definition) is 0. The lowest BCUT2D eigenvalue weighted by molar-refractivity contribution is 0.394. The van der Waals surface area contributed by atoms with Crippen LogP contribution in [0, 0.1) is 11.8 Å². The van der Waals surface area contributed by atoms with Crippen LogP contribution in [0.5, 0.6) is 0 Å². The maximum atomic E-state index is 4.23. The largest absolute Gasteiger partial charge is 0.100 e. The van der Waals surface area contributed by atoms with Crippen molar-refractivity contribution in [3.63, 3.8) is 0 Å². The number of rotatable bonds is 32. The fourth-order valence-corrected chi connectivity index (χ4v) is 5.92. The molecule has 0 aromatic carbocycles. The van der Waals surface area contributed by atoms with Gasteiger partial charge in [-0.05, 0) is 57.3 Å². The molecular formula is C53H114. The fraction of sp³-hybridized carbons (Fsp3) is 0.925. The van der Waals surface area contributed by atoms with Crippen LogP contribution in [-0.2, 0) is 0 Å². The van der Waals surface area contributed by atoms with Crippen molar-refractivity contribution in [2.75, 3.05) is 0 Å². The van der Waals surface area contributed by atoms with E-state index in [0.29, 0.717) is 0 Å². The van der Waals surface area contributed by atoms with E-state index in [1.54, 1.807) is 0 Å². The van der Waals surface area contributed by atoms with Crippen molar-refractivity contribution >= 4 is 0 Å². The van der Waals surface area contributed by atoms with E-state index in [2.05, 4.69) is 96.2 Å². The van der Waals surface area contributed by atoms with Crippen LogP contribution in [0.1, 0.15) is 309 Å². The molecule has 0 heterocycles. The molecule has 0 radical (unpaired) electrons. The lowest BCUT2D eigenvalue weighted by Gasteiger charge is -2.14. The van der Waals surface area contributed by atoms with Gasteiger partial charge in [0.15, 0.2) is 0 Å². The van der Waals surface area contributed by atoms with Crippen LogP contribution in [0.15, 0.2) is 24.3 Å². The highest BCUT2D eigenvalue weighted by atomic mass is 14.1. The maximum Gasteiger partial charge on any atom is -0.0320 e. The lowest BCUT2D eigenvalue weighted by atomic mass is 9.92. The molecule has 0 nitrogen and oxygen atoms in total. The molecule has 326 valence electrons. The fourth-order valence-electron chi connectivity index (χ4n) is 5.92. The van der Waals surface area contributed by atoms with E-state index in [1.807, 2.05) is 13.8 Å². The summed E-state index contributed by atoms with van der Waals surface area (Å²) in [6, 6.07) is 0. The maximum absolute atomic E-state index is 4.23. The van der Waals surface area contributed by atoms with Crippen molar-refractivity contribution in [3.8, 4) is 0 Å². The third kappa shape index (κ3) is 80.9. The Bertz CT molecular complexity index is 569. The topological polar surface area (TPSA) is 0 Å². The van der Waals surface area contributed by atoms with Gasteiger partial charge in [0.05, 0.1) is 0 Å². The van der Waals surface area contributed by atoms with Crippen LogP contribution in [0.25, 0.3) is 0 Å². The summed E-state index contributed by atoms with van der Waals surface area (Å²) in [5.41, 5.74) is 2.82. The molecule has 0 aromatic heterocycles. The predicted molar refractivity (Wildman–Crippen MR) is 257 cm³/mol. The van der Waals surface area contributed by atoms with Gasteiger partial charge < -0.3 is 0 Å². The molecule has 2 atom stereocenters. The van der Waals surface area contributed by atoms with E-state index in [-0.39, 0.29) is 0 Å². The minimum Gasteiger partial charge on any atom is -0.100 e. The summed E-state index contributed by atoms with van der Waals surface area (Å²) in [6.45, 7) is 39.0.